The number of nitrogens with zero attached hydrogens (tertiary/aromatic N) is 3. The Morgan fingerprint density at radius 2 is 1.95 bits per heavy atom. The van der Waals surface area contributed by atoms with Crippen molar-refractivity contribution in [1.29, 1.82) is 0 Å². The average Bonchev–Trinajstić information content (AvgIpc) is 2.85. The molecule has 108 valence electrons. The molecule has 2 rings (SSSR count). The Hall–Kier alpha value is -1.73. The maximum absolute atomic E-state index is 5.52. The summed E-state index contributed by atoms with van der Waals surface area (Å²) in [6.07, 6.45) is 1.83. The largest absolute Gasteiger partial charge is 0.363 e. The minimum absolute atomic E-state index is 0.659. The maximum atomic E-state index is 5.52. The molecule has 0 bridgehead atoms. The number of nitrogens with two attached hydrogens (primary N) is 1. The van der Waals surface area contributed by atoms with Crippen LogP contribution >= 0.6 is 11.3 Å². The first kappa shape index (κ1) is 14.7. The van der Waals surface area contributed by atoms with Crippen molar-refractivity contribution in [1.82, 2.24) is 15.0 Å². The number of thiazole rings is 1. The second kappa shape index (κ2) is 6.62. The fourth-order valence-corrected chi connectivity index (χ4v) is 2.57. The molecule has 2 heterocycles. The smallest absolute Gasteiger partial charge is 0.148 e. The van der Waals surface area contributed by atoms with Crippen LogP contribution in [0.2, 0.25) is 0 Å². The van der Waals surface area contributed by atoms with Gasteiger partial charge in [0.2, 0.25) is 0 Å². The van der Waals surface area contributed by atoms with Gasteiger partial charge in [-0.25, -0.2) is 20.8 Å². The van der Waals surface area contributed by atoms with Gasteiger partial charge in [-0.05, 0) is 20.3 Å². The van der Waals surface area contributed by atoms with Crippen LogP contribution in [-0.2, 0) is 13.0 Å². The highest BCUT2D eigenvalue weighted by molar-refractivity contribution is 7.09. The molecule has 0 saturated carbocycles. The Morgan fingerprint density at radius 3 is 2.55 bits per heavy atom. The summed E-state index contributed by atoms with van der Waals surface area (Å²) in [4.78, 5) is 13.4. The van der Waals surface area contributed by atoms with Crippen LogP contribution in [0.3, 0.4) is 0 Å². The summed E-state index contributed by atoms with van der Waals surface area (Å²) in [6, 6.07) is 0. The molecule has 2 aromatic heterocycles. The van der Waals surface area contributed by atoms with E-state index in [2.05, 4.69) is 32.6 Å². The van der Waals surface area contributed by atoms with E-state index in [1.54, 1.807) is 11.3 Å². The van der Waals surface area contributed by atoms with Crippen molar-refractivity contribution in [3.63, 3.8) is 0 Å². The van der Waals surface area contributed by atoms with Gasteiger partial charge < -0.3 is 10.7 Å². The number of hydrogen-bond acceptors (Lipinski definition) is 7. The molecule has 2 aromatic rings. The van der Waals surface area contributed by atoms with E-state index in [4.69, 9.17) is 5.84 Å². The van der Waals surface area contributed by atoms with Crippen molar-refractivity contribution < 1.29 is 0 Å². The Morgan fingerprint density at radius 1 is 1.20 bits per heavy atom. The van der Waals surface area contributed by atoms with Gasteiger partial charge >= 0.3 is 0 Å². The minimum Gasteiger partial charge on any atom is -0.363 e. The first-order valence-corrected chi connectivity index (χ1v) is 7.51. The van der Waals surface area contributed by atoms with Crippen LogP contribution in [0.25, 0.3) is 0 Å². The van der Waals surface area contributed by atoms with Crippen LogP contribution in [-0.4, -0.2) is 15.0 Å². The summed E-state index contributed by atoms with van der Waals surface area (Å²) in [5, 5.41) is 6.40. The Labute approximate surface area is 122 Å². The highest BCUT2D eigenvalue weighted by atomic mass is 32.1. The van der Waals surface area contributed by atoms with Crippen molar-refractivity contribution in [3.05, 3.63) is 27.5 Å². The van der Waals surface area contributed by atoms with Gasteiger partial charge in [-0.3, -0.25) is 0 Å². The van der Waals surface area contributed by atoms with Gasteiger partial charge in [-0.1, -0.05) is 6.92 Å². The lowest BCUT2D eigenvalue weighted by molar-refractivity contribution is 0.830. The number of rotatable bonds is 6. The molecule has 0 saturated heterocycles. The van der Waals surface area contributed by atoms with Crippen LogP contribution in [0.1, 0.15) is 35.4 Å². The molecule has 7 heteroatoms. The van der Waals surface area contributed by atoms with Gasteiger partial charge in [-0.2, -0.15) is 0 Å². The van der Waals surface area contributed by atoms with Crippen LogP contribution < -0.4 is 16.6 Å². The van der Waals surface area contributed by atoms with Gasteiger partial charge in [0.1, 0.15) is 22.5 Å². The number of nitrogen functional groups attached to an aromatic ring is 1. The molecular weight excluding hydrogens is 272 g/mol. The van der Waals surface area contributed by atoms with Gasteiger partial charge in [0.15, 0.2) is 0 Å². The van der Waals surface area contributed by atoms with E-state index < -0.39 is 0 Å². The van der Waals surface area contributed by atoms with Crippen molar-refractivity contribution in [2.75, 3.05) is 10.7 Å². The lowest BCUT2D eigenvalue weighted by atomic mass is 10.2. The third kappa shape index (κ3) is 3.43. The fraction of sp³-hybridized carbons (Fsp3) is 0.462. The number of hydrazine groups is 1. The zero-order valence-electron chi connectivity index (χ0n) is 12.0. The van der Waals surface area contributed by atoms with Crippen molar-refractivity contribution in [2.45, 2.75) is 40.2 Å². The van der Waals surface area contributed by atoms with E-state index in [0.29, 0.717) is 12.4 Å². The van der Waals surface area contributed by atoms with Crippen LogP contribution in [0.15, 0.2) is 5.38 Å². The predicted octanol–water partition coefficient (Wildman–Crippen LogP) is 2.40. The fourth-order valence-electron chi connectivity index (χ4n) is 1.85. The maximum Gasteiger partial charge on any atom is 0.148 e. The van der Waals surface area contributed by atoms with Gasteiger partial charge in [-0.15, -0.1) is 11.3 Å². The van der Waals surface area contributed by atoms with E-state index in [1.165, 1.54) is 0 Å². The number of aryl methyl sites for hydroxylation is 2. The monoisotopic (exact) mass is 292 g/mol. The van der Waals surface area contributed by atoms with E-state index in [9.17, 15) is 0 Å². The molecule has 0 amide bonds. The van der Waals surface area contributed by atoms with E-state index in [-0.39, 0.29) is 0 Å². The molecule has 0 unspecified atom stereocenters. The van der Waals surface area contributed by atoms with Gasteiger partial charge in [0, 0.05) is 23.1 Å². The van der Waals surface area contributed by atoms with E-state index >= 15 is 0 Å². The summed E-state index contributed by atoms with van der Waals surface area (Å²) in [5.41, 5.74) is 4.59. The van der Waals surface area contributed by atoms with E-state index in [1.807, 2.05) is 19.2 Å². The normalized spacial score (nSPS) is 10.6. The zero-order chi connectivity index (χ0) is 14.5. The second-order valence-electron chi connectivity index (χ2n) is 4.59. The third-order valence-electron chi connectivity index (χ3n) is 2.88. The average molecular weight is 292 g/mol. The first-order valence-electron chi connectivity index (χ1n) is 6.63. The standard InChI is InChI=1S/C13H20N6S/c1-4-5-10-17-12(9(3)13(18-10)19-14)15-6-11-16-8(2)7-20-11/h7H,4-6,14H2,1-3H3,(H2,15,17,18,19). The van der Waals surface area contributed by atoms with Crippen LogP contribution in [0.5, 0.6) is 0 Å². The summed E-state index contributed by atoms with van der Waals surface area (Å²) in [6.45, 7) is 6.70. The summed E-state index contributed by atoms with van der Waals surface area (Å²) >= 11 is 1.64. The lowest BCUT2D eigenvalue weighted by Crippen LogP contribution is -2.15. The summed E-state index contributed by atoms with van der Waals surface area (Å²) < 4.78 is 0. The molecule has 0 fully saturated rings. The van der Waals surface area contributed by atoms with Gasteiger partial charge in [0.05, 0.1) is 6.54 Å². The van der Waals surface area contributed by atoms with Crippen LogP contribution in [0, 0.1) is 13.8 Å². The Balaban J connectivity index is 2.18. The van der Waals surface area contributed by atoms with Crippen molar-refractivity contribution in [3.8, 4) is 0 Å². The molecule has 0 spiro atoms. The molecule has 0 radical (unpaired) electrons. The number of aromatic nitrogens is 3. The lowest BCUT2D eigenvalue weighted by Gasteiger charge is -2.12. The number of hydrogen-bond donors (Lipinski definition) is 3. The third-order valence-corrected chi connectivity index (χ3v) is 3.84. The SMILES string of the molecule is CCCc1nc(NN)c(C)c(NCc2nc(C)cs2)n1. The van der Waals surface area contributed by atoms with Crippen molar-refractivity contribution >= 4 is 23.0 Å². The quantitative estimate of drug-likeness (QED) is 0.559. The molecule has 20 heavy (non-hydrogen) atoms. The highest BCUT2D eigenvalue weighted by Gasteiger charge is 2.10. The van der Waals surface area contributed by atoms with Crippen molar-refractivity contribution in [2.24, 2.45) is 5.84 Å². The Bertz CT molecular complexity index is 580. The van der Waals surface area contributed by atoms with E-state index in [0.717, 1.165) is 40.7 Å². The predicted molar refractivity (Wildman–Crippen MR) is 82.8 cm³/mol. The summed E-state index contributed by atoms with van der Waals surface area (Å²) in [5.74, 6) is 7.79. The molecule has 0 aromatic carbocycles. The minimum atomic E-state index is 0.659. The topological polar surface area (TPSA) is 88.8 Å². The molecular formula is C13H20N6S. The Kier molecular flexibility index (Phi) is 4.86. The molecule has 0 aliphatic carbocycles. The summed E-state index contributed by atoms with van der Waals surface area (Å²) in [7, 11) is 0. The zero-order valence-corrected chi connectivity index (χ0v) is 12.8. The molecule has 4 N–H and O–H groups in total. The molecule has 6 nitrogen and oxygen atoms in total. The van der Waals surface area contributed by atoms with Gasteiger partial charge in [0.25, 0.3) is 0 Å². The molecule has 0 atom stereocenters. The first-order chi connectivity index (χ1) is 9.63. The number of nitrogens with one attached hydrogen (secondary N) is 2. The molecule has 0 aliphatic rings. The second-order valence-corrected chi connectivity index (χ2v) is 5.54. The molecule has 0 aliphatic heterocycles. The highest BCUT2D eigenvalue weighted by Crippen LogP contribution is 2.21. The number of anilines is 2. The van der Waals surface area contributed by atoms with Crippen LogP contribution in [0.4, 0.5) is 11.6 Å².